The minimum atomic E-state index is -0.638. The van der Waals surface area contributed by atoms with Crippen molar-refractivity contribution in [1.29, 1.82) is 0 Å². The van der Waals surface area contributed by atoms with Crippen LogP contribution < -0.4 is 5.73 Å². The van der Waals surface area contributed by atoms with Crippen LogP contribution in [0, 0.1) is 0 Å². The predicted molar refractivity (Wildman–Crippen MR) is 70.5 cm³/mol. The van der Waals surface area contributed by atoms with Crippen LogP contribution in [0.25, 0.3) is 0 Å². The van der Waals surface area contributed by atoms with Crippen LogP contribution in [-0.4, -0.2) is 11.3 Å². The van der Waals surface area contributed by atoms with Crippen LogP contribution in [-0.2, 0) is 4.79 Å². The Bertz CT molecular complexity index is 182. The summed E-state index contributed by atoms with van der Waals surface area (Å²) in [4.78, 5) is 11.5. The molecule has 2 nitrogen and oxygen atoms in total. The molecule has 0 atom stereocenters. The van der Waals surface area contributed by atoms with Gasteiger partial charge in [-0.2, -0.15) is 0 Å². The topological polar surface area (TPSA) is 43.1 Å². The second-order valence-electron chi connectivity index (χ2n) is 5.37. The van der Waals surface area contributed by atoms with Gasteiger partial charge in [-0.05, 0) is 20.3 Å². The molecule has 0 aromatic rings. The monoisotopic (exact) mass is 227 g/mol. The van der Waals surface area contributed by atoms with E-state index in [1.807, 2.05) is 0 Å². The highest BCUT2D eigenvalue weighted by molar-refractivity contribution is 5.87. The number of nitrogens with two attached hydrogens (primary N) is 1. The van der Waals surface area contributed by atoms with Gasteiger partial charge in [0.1, 0.15) is 0 Å². The van der Waals surface area contributed by atoms with E-state index in [0.29, 0.717) is 6.42 Å². The van der Waals surface area contributed by atoms with Gasteiger partial charge in [0.2, 0.25) is 0 Å². The first-order valence-corrected chi connectivity index (χ1v) is 6.80. The summed E-state index contributed by atoms with van der Waals surface area (Å²) in [6, 6.07) is 0. The number of rotatable bonds is 10. The van der Waals surface area contributed by atoms with Crippen LogP contribution in [0.5, 0.6) is 0 Å². The van der Waals surface area contributed by atoms with E-state index in [2.05, 4.69) is 6.92 Å². The van der Waals surface area contributed by atoms with Gasteiger partial charge in [0.25, 0.3) is 0 Å². The summed E-state index contributed by atoms with van der Waals surface area (Å²) in [6.45, 7) is 5.82. The van der Waals surface area contributed by atoms with E-state index in [-0.39, 0.29) is 5.78 Å². The van der Waals surface area contributed by atoms with Crippen molar-refractivity contribution in [3.8, 4) is 0 Å². The molecule has 0 aliphatic heterocycles. The van der Waals surface area contributed by atoms with Crippen molar-refractivity contribution >= 4 is 5.78 Å². The fraction of sp³-hybridized carbons (Fsp3) is 0.929. The number of carbonyl (C=O) groups excluding carboxylic acids is 1. The fourth-order valence-electron chi connectivity index (χ4n) is 1.74. The Morgan fingerprint density at radius 1 is 0.938 bits per heavy atom. The molecule has 2 N–H and O–H groups in total. The summed E-state index contributed by atoms with van der Waals surface area (Å²) < 4.78 is 0. The second kappa shape index (κ2) is 8.74. The Labute approximate surface area is 101 Å². The Balaban J connectivity index is 3.25. The Hall–Kier alpha value is -0.370. The highest BCUT2D eigenvalue weighted by atomic mass is 16.1. The van der Waals surface area contributed by atoms with E-state index in [0.717, 1.165) is 6.42 Å². The SMILES string of the molecule is CCCCCCCCCCC(=O)C(C)(C)N. The normalized spacial score (nSPS) is 11.8. The van der Waals surface area contributed by atoms with Crippen LogP contribution in [0.1, 0.15) is 78.6 Å². The first-order valence-electron chi connectivity index (χ1n) is 6.80. The van der Waals surface area contributed by atoms with Gasteiger partial charge in [-0.15, -0.1) is 0 Å². The smallest absolute Gasteiger partial charge is 0.152 e. The van der Waals surface area contributed by atoms with E-state index < -0.39 is 5.54 Å². The quantitative estimate of drug-likeness (QED) is 0.576. The van der Waals surface area contributed by atoms with Gasteiger partial charge in [-0.3, -0.25) is 4.79 Å². The Kier molecular flexibility index (Phi) is 8.54. The molecule has 0 spiro atoms. The number of Topliss-reactive ketones (excluding diaryl/α,β-unsaturated/α-hetero) is 1. The highest BCUT2D eigenvalue weighted by Crippen LogP contribution is 2.11. The Morgan fingerprint density at radius 2 is 1.38 bits per heavy atom. The van der Waals surface area contributed by atoms with Crippen molar-refractivity contribution < 1.29 is 4.79 Å². The first-order chi connectivity index (χ1) is 7.48. The lowest BCUT2D eigenvalue weighted by Crippen LogP contribution is -2.41. The van der Waals surface area contributed by atoms with Crippen LogP contribution >= 0.6 is 0 Å². The predicted octanol–water partition coefficient (Wildman–Crippen LogP) is 3.82. The molecule has 0 saturated carbocycles. The van der Waals surface area contributed by atoms with Crippen molar-refractivity contribution in [3.63, 3.8) is 0 Å². The zero-order valence-electron chi connectivity index (χ0n) is 11.3. The minimum Gasteiger partial charge on any atom is -0.319 e. The molecule has 0 radical (unpaired) electrons. The van der Waals surface area contributed by atoms with Gasteiger partial charge in [-0.1, -0.05) is 51.9 Å². The second-order valence-corrected chi connectivity index (χ2v) is 5.37. The lowest BCUT2D eigenvalue weighted by molar-refractivity contribution is -0.123. The minimum absolute atomic E-state index is 0.193. The van der Waals surface area contributed by atoms with Crippen LogP contribution in [0.4, 0.5) is 0 Å². The summed E-state index contributed by atoms with van der Waals surface area (Å²) in [5, 5.41) is 0. The average molecular weight is 227 g/mol. The number of hydrogen-bond acceptors (Lipinski definition) is 2. The molecule has 16 heavy (non-hydrogen) atoms. The van der Waals surface area contributed by atoms with Crippen molar-refractivity contribution in [2.24, 2.45) is 5.73 Å². The van der Waals surface area contributed by atoms with Crippen molar-refractivity contribution in [2.45, 2.75) is 84.1 Å². The average Bonchev–Trinajstić information content (AvgIpc) is 2.20. The molecule has 0 fully saturated rings. The van der Waals surface area contributed by atoms with E-state index in [9.17, 15) is 4.79 Å². The van der Waals surface area contributed by atoms with Crippen molar-refractivity contribution in [3.05, 3.63) is 0 Å². The fourth-order valence-corrected chi connectivity index (χ4v) is 1.74. The maximum atomic E-state index is 11.5. The molecule has 0 aromatic carbocycles. The number of hydrogen-bond donors (Lipinski definition) is 1. The maximum absolute atomic E-state index is 11.5. The third-order valence-electron chi connectivity index (χ3n) is 2.98. The molecular formula is C14H29NO. The molecule has 0 aliphatic carbocycles. The molecule has 0 bridgehead atoms. The van der Waals surface area contributed by atoms with Crippen molar-refractivity contribution in [2.75, 3.05) is 0 Å². The van der Waals surface area contributed by atoms with Gasteiger partial charge < -0.3 is 5.73 Å². The summed E-state index contributed by atoms with van der Waals surface area (Å²) >= 11 is 0. The van der Waals surface area contributed by atoms with Gasteiger partial charge in [0.15, 0.2) is 5.78 Å². The van der Waals surface area contributed by atoms with Crippen molar-refractivity contribution in [1.82, 2.24) is 0 Å². The zero-order chi connectivity index (χ0) is 12.4. The van der Waals surface area contributed by atoms with Gasteiger partial charge in [-0.25, -0.2) is 0 Å². The lowest BCUT2D eigenvalue weighted by atomic mass is 9.95. The summed E-state index contributed by atoms with van der Waals surface area (Å²) in [5.74, 6) is 0.193. The van der Waals surface area contributed by atoms with E-state index in [1.165, 1.54) is 44.9 Å². The van der Waals surface area contributed by atoms with Gasteiger partial charge in [0.05, 0.1) is 5.54 Å². The summed E-state index contributed by atoms with van der Waals surface area (Å²) in [5.41, 5.74) is 5.09. The van der Waals surface area contributed by atoms with Gasteiger partial charge in [0, 0.05) is 6.42 Å². The maximum Gasteiger partial charge on any atom is 0.152 e. The summed E-state index contributed by atoms with van der Waals surface area (Å²) in [6.07, 6.45) is 10.8. The van der Waals surface area contributed by atoms with Gasteiger partial charge >= 0.3 is 0 Å². The molecule has 0 aliphatic rings. The largest absolute Gasteiger partial charge is 0.319 e. The van der Waals surface area contributed by atoms with Crippen LogP contribution in [0.2, 0.25) is 0 Å². The first kappa shape index (κ1) is 15.6. The third kappa shape index (κ3) is 8.90. The molecule has 0 heterocycles. The standard InChI is InChI=1S/C14H29NO/c1-4-5-6-7-8-9-10-11-12-13(16)14(2,3)15/h4-12,15H2,1-3H3. The number of ketones is 1. The zero-order valence-corrected chi connectivity index (χ0v) is 11.3. The number of carbonyl (C=O) groups is 1. The van der Waals surface area contributed by atoms with Crippen LogP contribution in [0.3, 0.4) is 0 Å². The molecule has 0 saturated heterocycles. The highest BCUT2D eigenvalue weighted by Gasteiger charge is 2.20. The number of unbranched alkanes of at least 4 members (excludes halogenated alkanes) is 7. The Morgan fingerprint density at radius 3 is 1.81 bits per heavy atom. The van der Waals surface area contributed by atoms with Crippen LogP contribution in [0.15, 0.2) is 0 Å². The molecule has 0 rings (SSSR count). The lowest BCUT2D eigenvalue weighted by Gasteiger charge is -2.16. The molecule has 0 aromatic heterocycles. The molecule has 0 amide bonds. The van der Waals surface area contributed by atoms with E-state index >= 15 is 0 Å². The van der Waals surface area contributed by atoms with E-state index in [4.69, 9.17) is 5.73 Å². The molecular weight excluding hydrogens is 198 g/mol. The molecule has 2 heteroatoms. The summed E-state index contributed by atoms with van der Waals surface area (Å²) in [7, 11) is 0. The molecule has 0 unspecified atom stereocenters. The third-order valence-corrected chi connectivity index (χ3v) is 2.98. The molecule has 96 valence electrons. The van der Waals surface area contributed by atoms with E-state index in [1.54, 1.807) is 13.8 Å².